The molecule has 0 aromatic heterocycles. The highest BCUT2D eigenvalue weighted by atomic mass is 16.5. The Balaban J connectivity index is 1.56. The van der Waals surface area contributed by atoms with Crippen molar-refractivity contribution >= 4 is 11.8 Å². The zero-order chi connectivity index (χ0) is 17.9. The summed E-state index contributed by atoms with van der Waals surface area (Å²) >= 11 is 0. The van der Waals surface area contributed by atoms with Gasteiger partial charge >= 0.3 is 0 Å². The van der Waals surface area contributed by atoms with E-state index in [1.165, 1.54) is 0 Å². The molecule has 2 saturated heterocycles. The van der Waals surface area contributed by atoms with E-state index in [9.17, 15) is 9.59 Å². The molecule has 0 bridgehead atoms. The lowest BCUT2D eigenvalue weighted by molar-refractivity contribution is -0.145. The Bertz CT molecular complexity index is 628. The van der Waals surface area contributed by atoms with E-state index in [1.54, 1.807) is 7.11 Å². The number of amides is 2. The molecule has 1 aromatic rings. The number of benzene rings is 1. The molecule has 5 heteroatoms. The molecule has 3 rings (SSSR count). The Kier molecular flexibility index (Phi) is 5.30. The summed E-state index contributed by atoms with van der Waals surface area (Å²) in [7, 11) is 1.65. The van der Waals surface area contributed by atoms with E-state index in [-0.39, 0.29) is 17.2 Å². The monoisotopic (exact) mass is 344 g/mol. The second-order valence-electron chi connectivity index (χ2n) is 7.18. The Morgan fingerprint density at radius 1 is 1.20 bits per heavy atom. The van der Waals surface area contributed by atoms with Gasteiger partial charge in [0.25, 0.3) is 0 Å². The Labute approximate surface area is 149 Å². The molecule has 2 aliphatic rings. The summed E-state index contributed by atoms with van der Waals surface area (Å²) in [6, 6.07) is 7.85. The van der Waals surface area contributed by atoms with Gasteiger partial charge in [0.1, 0.15) is 5.75 Å². The molecule has 0 saturated carbocycles. The molecule has 0 N–H and O–H groups in total. The van der Waals surface area contributed by atoms with Crippen LogP contribution in [-0.4, -0.2) is 54.9 Å². The van der Waals surface area contributed by atoms with Crippen molar-refractivity contribution in [2.45, 2.75) is 39.0 Å². The summed E-state index contributed by atoms with van der Waals surface area (Å²) in [5.74, 6) is 1.24. The van der Waals surface area contributed by atoms with Crippen LogP contribution in [0.25, 0.3) is 0 Å². The van der Waals surface area contributed by atoms with Gasteiger partial charge in [-0.15, -0.1) is 0 Å². The fourth-order valence-electron chi connectivity index (χ4n) is 4.12. The van der Waals surface area contributed by atoms with Crippen molar-refractivity contribution in [3.05, 3.63) is 29.8 Å². The van der Waals surface area contributed by atoms with E-state index in [1.807, 2.05) is 41.0 Å². The highest BCUT2D eigenvalue weighted by molar-refractivity contribution is 5.86. The molecule has 25 heavy (non-hydrogen) atoms. The first kappa shape index (κ1) is 17.8. The number of nitrogens with zero attached hydrogens (tertiary/aromatic N) is 2. The van der Waals surface area contributed by atoms with Crippen molar-refractivity contribution in [2.75, 3.05) is 33.3 Å². The summed E-state index contributed by atoms with van der Waals surface area (Å²) in [5, 5.41) is 0. The molecule has 2 heterocycles. The van der Waals surface area contributed by atoms with Crippen LogP contribution in [-0.2, 0) is 16.0 Å². The quantitative estimate of drug-likeness (QED) is 0.825. The van der Waals surface area contributed by atoms with Crippen molar-refractivity contribution in [1.82, 2.24) is 9.80 Å². The van der Waals surface area contributed by atoms with E-state index in [0.29, 0.717) is 19.5 Å². The molecular weight excluding hydrogens is 316 g/mol. The van der Waals surface area contributed by atoms with Crippen molar-refractivity contribution < 1.29 is 14.3 Å². The molecule has 2 fully saturated rings. The van der Waals surface area contributed by atoms with E-state index >= 15 is 0 Å². The minimum absolute atomic E-state index is 0.161. The smallest absolute Gasteiger partial charge is 0.230 e. The lowest BCUT2D eigenvalue weighted by Gasteiger charge is -2.38. The summed E-state index contributed by atoms with van der Waals surface area (Å²) in [5.41, 5.74) is 0.818. The number of hydrogen-bond donors (Lipinski definition) is 0. The molecule has 2 amide bonds. The van der Waals surface area contributed by atoms with E-state index in [4.69, 9.17) is 4.74 Å². The standard InChI is InChI=1S/C20H28N2O3/c1-3-21-13-4-11-20(19(21)24)12-14-22(15-20)18(23)10-7-16-5-8-17(25-2)9-6-16/h5-6,8-9H,3-4,7,10-15H2,1-2H3/t20-/m0/s1. The number of likely N-dealkylation sites (tertiary alicyclic amines) is 2. The van der Waals surface area contributed by atoms with Crippen molar-refractivity contribution in [2.24, 2.45) is 5.41 Å². The molecule has 0 unspecified atom stereocenters. The molecule has 1 aromatic carbocycles. The number of methoxy groups -OCH3 is 1. The third-order valence-corrected chi connectivity index (χ3v) is 5.70. The van der Waals surface area contributed by atoms with Gasteiger partial charge in [-0.05, 0) is 50.3 Å². The first-order valence-electron chi connectivity index (χ1n) is 9.28. The second kappa shape index (κ2) is 7.46. The van der Waals surface area contributed by atoms with E-state index in [2.05, 4.69) is 0 Å². The molecule has 5 nitrogen and oxygen atoms in total. The molecule has 1 atom stereocenters. The molecule has 0 aliphatic carbocycles. The highest BCUT2D eigenvalue weighted by Crippen LogP contribution is 2.40. The number of carbonyl (C=O) groups excluding carboxylic acids is 2. The van der Waals surface area contributed by atoms with E-state index < -0.39 is 0 Å². The first-order chi connectivity index (χ1) is 12.1. The molecule has 0 radical (unpaired) electrons. The Morgan fingerprint density at radius 3 is 2.64 bits per heavy atom. The predicted molar refractivity (Wildman–Crippen MR) is 96.4 cm³/mol. The van der Waals surface area contributed by atoms with Crippen LogP contribution in [0.4, 0.5) is 0 Å². The lowest BCUT2D eigenvalue weighted by Crippen LogP contribution is -2.50. The fourth-order valence-corrected chi connectivity index (χ4v) is 4.12. The minimum atomic E-state index is -0.315. The zero-order valence-corrected chi connectivity index (χ0v) is 15.3. The average Bonchev–Trinajstić information content (AvgIpc) is 3.08. The van der Waals surface area contributed by atoms with E-state index in [0.717, 1.165) is 50.1 Å². The van der Waals surface area contributed by atoms with Crippen LogP contribution in [0, 0.1) is 5.41 Å². The first-order valence-corrected chi connectivity index (χ1v) is 9.28. The van der Waals surface area contributed by atoms with Crippen molar-refractivity contribution in [3.63, 3.8) is 0 Å². The summed E-state index contributed by atoms with van der Waals surface area (Å²) in [4.78, 5) is 29.2. The predicted octanol–water partition coefficient (Wildman–Crippen LogP) is 2.49. The number of aryl methyl sites for hydroxylation is 1. The van der Waals surface area contributed by atoms with Crippen LogP contribution >= 0.6 is 0 Å². The zero-order valence-electron chi connectivity index (χ0n) is 15.3. The maximum absolute atomic E-state index is 12.8. The third kappa shape index (κ3) is 3.65. The number of rotatable bonds is 5. The van der Waals surface area contributed by atoms with Crippen LogP contribution < -0.4 is 4.74 Å². The lowest BCUT2D eigenvalue weighted by atomic mass is 9.78. The Morgan fingerprint density at radius 2 is 1.96 bits per heavy atom. The largest absolute Gasteiger partial charge is 0.497 e. The third-order valence-electron chi connectivity index (χ3n) is 5.70. The van der Waals surface area contributed by atoms with Gasteiger partial charge in [-0.2, -0.15) is 0 Å². The van der Waals surface area contributed by atoms with Gasteiger partial charge in [-0.3, -0.25) is 9.59 Å². The fraction of sp³-hybridized carbons (Fsp3) is 0.600. The summed E-state index contributed by atoms with van der Waals surface area (Å²) < 4.78 is 5.16. The topological polar surface area (TPSA) is 49.9 Å². The highest BCUT2D eigenvalue weighted by Gasteiger charge is 2.48. The number of ether oxygens (including phenoxy) is 1. The van der Waals surface area contributed by atoms with Gasteiger partial charge in [0.2, 0.25) is 11.8 Å². The molecule has 1 spiro atoms. The molecule has 136 valence electrons. The van der Waals surface area contributed by atoms with Gasteiger partial charge in [0.15, 0.2) is 0 Å². The van der Waals surface area contributed by atoms with Crippen LogP contribution in [0.5, 0.6) is 5.75 Å². The van der Waals surface area contributed by atoms with Gasteiger partial charge in [0, 0.05) is 32.6 Å². The normalized spacial score (nSPS) is 23.4. The van der Waals surface area contributed by atoms with Crippen LogP contribution in [0.3, 0.4) is 0 Å². The summed E-state index contributed by atoms with van der Waals surface area (Å²) in [6.07, 6.45) is 4.00. The number of carbonyl (C=O) groups is 2. The molecule has 2 aliphatic heterocycles. The number of hydrogen-bond acceptors (Lipinski definition) is 3. The van der Waals surface area contributed by atoms with Crippen molar-refractivity contribution in [3.8, 4) is 5.75 Å². The van der Waals surface area contributed by atoms with Gasteiger partial charge in [-0.1, -0.05) is 12.1 Å². The maximum atomic E-state index is 12.8. The SMILES string of the molecule is CCN1CCC[C@@]2(CCN(C(=O)CCc3ccc(OC)cc3)C2)C1=O. The van der Waals surface area contributed by atoms with Gasteiger partial charge < -0.3 is 14.5 Å². The van der Waals surface area contributed by atoms with Crippen molar-refractivity contribution in [1.29, 1.82) is 0 Å². The Hall–Kier alpha value is -2.04. The molecular formula is C20H28N2O3. The van der Waals surface area contributed by atoms with Gasteiger partial charge in [-0.25, -0.2) is 0 Å². The van der Waals surface area contributed by atoms with Crippen LogP contribution in [0.1, 0.15) is 38.2 Å². The number of piperidine rings is 1. The van der Waals surface area contributed by atoms with Crippen LogP contribution in [0.15, 0.2) is 24.3 Å². The minimum Gasteiger partial charge on any atom is -0.497 e. The maximum Gasteiger partial charge on any atom is 0.230 e. The second-order valence-corrected chi connectivity index (χ2v) is 7.18. The van der Waals surface area contributed by atoms with Gasteiger partial charge in [0.05, 0.1) is 12.5 Å². The summed E-state index contributed by atoms with van der Waals surface area (Å²) in [6.45, 7) is 4.98. The van der Waals surface area contributed by atoms with Crippen LogP contribution in [0.2, 0.25) is 0 Å². The average molecular weight is 344 g/mol.